The van der Waals surface area contributed by atoms with Crippen molar-refractivity contribution in [2.75, 3.05) is 19.6 Å². The van der Waals surface area contributed by atoms with Crippen molar-refractivity contribution in [3.63, 3.8) is 0 Å². The minimum absolute atomic E-state index is 0. The van der Waals surface area contributed by atoms with Crippen molar-refractivity contribution < 1.29 is 13.9 Å². The number of carbonyl (C=O) groups excluding carboxylic acids is 1. The van der Waals surface area contributed by atoms with Crippen LogP contribution in [0, 0.1) is 5.82 Å². The monoisotopic (exact) mass is 449 g/mol. The first-order valence-corrected chi connectivity index (χ1v) is 9.04. The summed E-state index contributed by atoms with van der Waals surface area (Å²) in [7, 11) is 0. The van der Waals surface area contributed by atoms with Gasteiger partial charge >= 0.3 is 0 Å². The highest BCUT2D eigenvalue weighted by Gasteiger charge is 2.15. The number of ether oxygens (including phenoxy) is 1. The standard InChI is InChI=1S/C19H21ClFN3O2.2ClH/c20-18-10-15(21)2-1-13(18)3-8-24-19(25)14-9-17(12-23-11-14)26-16-4-6-22-7-5-16;;/h1-2,9-12,16,22H,3-8H2,(H,24,25);2*1H. The van der Waals surface area contributed by atoms with Crippen LogP contribution in [0.25, 0.3) is 0 Å². The summed E-state index contributed by atoms with van der Waals surface area (Å²) in [6.07, 6.45) is 5.68. The second-order valence-corrected chi connectivity index (χ2v) is 6.63. The molecule has 154 valence electrons. The molecule has 2 N–H and O–H groups in total. The molecule has 0 unspecified atom stereocenters. The molecule has 1 aliphatic rings. The van der Waals surface area contributed by atoms with Gasteiger partial charge in [0.25, 0.3) is 5.91 Å². The van der Waals surface area contributed by atoms with E-state index in [9.17, 15) is 9.18 Å². The Morgan fingerprint density at radius 2 is 2.00 bits per heavy atom. The summed E-state index contributed by atoms with van der Waals surface area (Å²) in [5, 5.41) is 6.47. The summed E-state index contributed by atoms with van der Waals surface area (Å²) >= 11 is 5.99. The Bertz CT molecular complexity index is 774. The lowest BCUT2D eigenvalue weighted by Crippen LogP contribution is -2.34. The van der Waals surface area contributed by atoms with Crippen LogP contribution in [0.4, 0.5) is 4.39 Å². The van der Waals surface area contributed by atoms with Crippen molar-refractivity contribution >= 4 is 42.3 Å². The van der Waals surface area contributed by atoms with E-state index in [0.717, 1.165) is 31.5 Å². The number of hydrogen-bond acceptors (Lipinski definition) is 4. The lowest BCUT2D eigenvalue weighted by molar-refractivity contribution is 0.0952. The van der Waals surface area contributed by atoms with Gasteiger partial charge in [0, 0.05) is 17.8 Å². The van der Waals surface area contributed by atoms with E-state index in [1.54, 1.807) is 18.3 Å². The molecule has 1 aromatic heterocycles. The molecule has 1 aliphatic heterocycles. The van der Waals surface area contributed by atoms with Crippen molar-refractivity contribution in [2.45, 2.75) is 25.4 Å². The first kappa shape index (κ1) is 24.4. The van der Waals surface area contributed by atoms with Gasteiger partial charge < -0.3 is 15.4 Å². The molecule has 1 aromatic carbocycles. The molecular formula is C19H23Cl3FN3O2. The minimum Gasteiger partial charge on any atom is -0.489 e. The molecule has 2 aromatic rings. The Morgan fingerprint density at radius 1 is 1.25 bits per heavy atom. The van der Waals surface area contributed by atoms with E-state index in [1.165, 1.54) is 18.3 Å². The van der Waals surface area contributed by atoms with E-state index >= 15 is 0 Å². The zero-order valence-electron chi connectivity index (χ0n) is 15.1. The van der Waals surface area contributed by atoms with Crippen LogP contribution in [-0.2, 0) is 6.42 Å². The predicted molar refractivity (Wildman–Crippen MR) is 113 cm³/mol. The number of piperidine rings is 1. The topological polar surface area (TPSA) is 63.2 Å². The number of amides is 1. The summed E-state index contributed by atoms with van der Waals surface area (Å²) in [6.45, 7) is 2.26. The maximum atomic E-state index is 13.0. The Morgan fingerprint density at radius 3 is 2.71 bits per heavy atom. The molecule has 5 nitrogen and oxygen atoms in total. The van der Waals surface area contributed by atoms with E-state index in [4.69, 9.17) is 16.3 Å². The number of hydrogen-bond donors (Lipinski definition) is 2. The van der Waals surface area contributed by atoms with E-state index in [0.29, 0.717) is 29.3 Å². The smallest absolute Gasteiger partial charge is 0.252 e. The average Bonchev–Trinajstić information content (AvgIpc) is 2.64. The van der Waals surface area contributed by atoms with Crippen molar-refractivity contribution in [2.24, 2.45) is 0 Å². The van der Waals surface area contributed by atoms with Crippen molar-refractivity contribution in [1.82, 2.24) is 15.6 Å². The van der Waals surface area contributed by atoms with Gasteiger partial charge in [-0.3, -0.25) is 9.78 Å². The summed E-state index contributed by atoms with van der Waals surface area (Å²) < 4.78 is 19.0. The Labute approximate surface area is 181 Å². The number of halogens is 4. The van der Waals surface area contributed by atoms with Crippen molar-refractivity contribution in [1.29, 1.82) is 0 Å². The van der Waals surface area contributed by atoms with Crippen LogP contribution >= 0.6 is 36.4 Å². The van der Waals surface area contributed by atoms with Crippen LogP contribution in [0.2, 0.25) is 5.02 Å². The van der Waals surface area contributed by atoms with E-state index in [2.05, 4.69) is 15.6 Å². The zero-order valence-corrected chi connectivity index (χ0v) is 17.5. The molecule has 9 heteroatoms. The second kappa shape index (κ2) is 12.1. The number of rotatable bonds is 6. The van der Waals surface area contributed by atoms with Gasteiger partial charge in [-0.15, -0.1) is 24.8 Å². The largest absolute Gasteiger partial charge is 0.489 e. The van der Waals surface area contributed by atoms with Crippen LogP contribution in [-0.4, -0.2) is 36.6 Å². The molecule has 2 heterocycles. The Hall–Kier alpha value is -1.60. The van der Waals surface area contributed by atoms with Gasteiger partial charge in [-0.1, -0.05) is 17.7 Å². The molecule has 3 rings (SSSR count). The van der Waals surface area contributed by atoms with Gasteiger partial charge in [0.15, 0.2) is 0 Å². The SMILES string of the molecule is Cl.Cl.O=C(NCCc1ccc(F)cc1Cl)c1cncc(OC2CCNCC2)c1. The minimum atomic E-state index is -0.376. The first-order valence-electron chi connectivity index (χ1n) is 8.66. The van der Waals surface area contributed by atoms with Crippen LogP contribution in [0.3, 0.4) is 0 Å². The van der Waals surface area contributed by atoms with Gasteiger partial charge in [-0.05, 0) is 56.1 Å². The normalized spacial score (nSPS) is 13.8. The summed E-state index contributed by atoms with van der Waals surface area (Å²) in [5.74, 6) is -0.00274. The molecule has 0 spiro atoms. The lowest BCUT2D eigenvalue weighted by Gasteiger charge is -2.23. The molecule has 0 saturated carbocycles. The van der Waals surface area contributed by atoms with Crippen LogP contribution < -0.4 is 15.4 Å². The fraction of sp³-hybridized carbons (Fsp3) is 0.368. The fourth-order valence-corrected chi connectivity index (χ4v) is 3.11. The van der Waals surface area contributed by atoms with Crippen LogP contribution in [0.1, 0.15) is 28.8 Å². The van der Waals surface area contributed by atoms with Crippen molar-refractivity contribution in [3.8, 4) is 5.75 Å². The van der Waals surface area contributed by atoms with Crippen molar-refractivity contribution in [3.05, 3.63) is 58.6 Å². The Balaban J connectivity index is 0.00000196. The third-order valence-corrected chi connectivity index (χ3v) is 4.61. The fourth-order valence-electron chi connectivity index (χ4n) is 2.85. The summed E-state index contributed by atoms with van der Waals surface area (Å²) in [4.78, 5) is 16.4. The highest BCUT2D eigenvalue weighted by atomic mass is 35.5. The predicted octanol–water partition coefficient (Wildman–Crippen LogP) is 3.82. The maximum absolute atomic E-state index is 13.0. The average molecular weight is 451 g/mol. The molecule has 28 heavy (non-hydrogen) atoms. The molecule has 0 aliphatic carbocycles. The maximum Gasteiger partial charge on any atom is 0.252 e. The first-order chi connectivity index (χ1) is 12.6. The molecule has 0 radical (unpaired) electrons. The van der Waals surface area contributed by atoms with Gasteiger partial charge in [0.2, 0.25) is 0 Å². The molecule has 1 saturated heterocycles. The number of nitrogens with zero attached hydrogens (tertiary/aromatic N) is 1. The number of carbonyl (C=O) groups is 1. The second-order valence-electron chi connectivity index (χ2n) is 6.22. The summed E-state index contributed by atoms with van der Waals surface area (Å²) in [5.41, 5.74) is 1.23. The Kier molecular flexibility index (Phi) is 10.5. The quantitative estimate of drug-likeness (QED) is 0.702. The number of nitrogens with one attached hydrogen (secondary N) is 2. The van der Waals surface area contributed by atoms with Gasteiger partial charge in [-0.25, -0.2) is 4.39 Å². The lowest BCUT2D eigenvalue weighted by atomic mass is 10.1. The van der Waals surface area contributed by atoms with Gasteiger partial charge in [0.05, 0.1) is 11.8 Å². The molecule has 0 bridgehead atoms. The molecule has 1 fully saturated rings. The van der Waals surface area contributed by atoms with Crippen LogP contribution in [0.15, 0.2) is 36.7 Å². The highest BCUT2D eigenvalue weighted by molar-refractivity contribution is 6.31. The summed E-state index contributed by atoms with van der Waals surface area (Å²) in [6, 6.07) is 5.95. The molecule has 0 atom stereocenters. The molecular weight excluding hydrogens is 428 g/mol. The molecule has 1 amide bonds. The zero-order chi connectivity index (χ0) is 18.4. The van der Waals surface area contributed by atoms with E-state index < -0.39 is 0 Å². The van der Waals surface area contributed by atoms with Gasteiger partial charge in [-0.2, -0.15) is 0 Å². The van der Waals surface area contributed by atoms with E-state index in [1.807, 2.05) is 0 Å². The van der Waals surface area contributed by atoms with Crippen LogP contribution in [0.5, 0.6) is 5.75 Å². The van der Waals surface area contributed by atoms with Gasteiger partial charge in [0.1, 0.15) is 17.7 Å². The van der Waals surface area contributed by atoms with E-state index in [-0.39, 0.29) is 42.6 Å². The number of benzene rings is 1. The third kappa shape index (κ3) is 7.09. The number of pyridine rings is 1. The highest BCUT2D eigenvalue weighted by Crippen LogP contribution is 2.18. The third-order valence-electron chi connectivity index (χ3n) is 4.26. The number of aromatic nitrogens is 1.